The van der Waals surface area contributed by atoms with E-state index in [1.54, 1.807) is 0 Å². The molecule has 0 aliphatic heterocycles. The van der Waals surface area contributed by atoms with Crippen molar-refractivity contribution in [1.29, 1.82) is 0 Å². The van der Waals surface area contributed by atoms with Crippen molar-refractivity contribution in [2.45, 2.75) is 67.4 Å². The highest BCUT2D eigenvalue weighted by Gasteiger charge is 2.40. The van der Waals surface area contributed by atoms with Crippen LogP contribution in [0.5, 0.6) is 23.0 Å². The predicted molar refractivity (Wildman–Crippen MR) is 324 cm³/mol. The molecule has 0 atom stereocenters. The van der Waals surface area contributed by atoms with Crippen LogP contribution in [0.1, 0.15) is 44.5 Å². The number of rotatable bonds is 40. The molecule has 8 bridgehead atoms. The summed E-state index contributed by atoms with van der Waals surface area (Å²) in [5.41, 5.74) is -10.4. The summed E-state index contributed by atoms with van der Waals surface area (Å²) >= 11 is 0. The van der Waals surface area contributed by atoms with Gasteiger partial charge in [-0.1, -0.05) is 0 Å². The first-order valence-electron chi connectivity index (χ1n) is 28.2. The quantitative estimate of drug-likeness (QED) is 0.0163. The fraction of sp³-hybridized carbons (Fsp3) is 0.571. The molecule has 1 aliphatic rings. The van der Waals surface area contributed by atoms with Crippen molar-refractivity contribution in [1.82, 2.24) is 18.9 Å². The fourth-order valence-corrected chi connectivity index (χ4v) is 15.3. The van der Waals surface area contributed by atoms with Crippen molar-refractivity contribution in [3.63, 3.8) is 0 Å². The van der Waals surface area contributed by atoms with Gasteiger partial charge in [0, 0.05) is 98.6 Å². The third kappa shape index (κ3) is 18.8. The number of ether oxygens (including phenoxy) is 8. The summed E-state index contributed by atoms with van der Waals surface area (Å²) < 4.78 is 175. The van der Waals surface area contributed by atoms with E-state index >= 15 is 0 Å². The SMILES string of the molecule is COCCOc1c2cc(S(=O)(=O)NC(CO)(CO)CO)cc1Cc1cc(S(=O)(=O)NC(CO)(CO)CO)cc(c1OCCOC)Cc1cc(S(=O)(=O)NC(CO)(CO)CO)cc(c1OCCOC)Cc1cc(S(=O)(=O)NC(CO)(CO)CO)cc(c1OCCOC)C2. The fourth-order valence-electron chi connectivity index (χ4n) is 9.39. The molecular weight excluding hydrogens is 1300 g/mol. The van der Waals surface area contributed by atoms with Crippen LogP contribution in [0.4, 0.5) is 0 Å². The lowest BCUT2D eigenvalue weighted by Gasteiger charge is -2.30. The lowest BCUT2D eigenvalue weighted by Crippen LogP contribution is -2.56. The van der Waals surface area contributed by atoms with Crippen LogP contribution in [0.25, 0.3) is 0 Å². The molecule has 0 amide bonds. The minimum Gasteiger partial charge on any atom is -0.491 e. The number of nitrogens with one attached hydrogen (secondary N) is 4. The topological polar surface area (TPSA) is 501 Å². The standard InChI is InChI=1S/C56H84N4O28S4/c1-81-5-9-85-49-37-13-39-19-46(90(75,76)58-54(28-64,29-65)30-66)21-41(50(39)86-10-6-82-2)15-43-23-48(92(79,80)60-56(34-70,35-71)36-72)24-44(52(43)88-12-8-84-4)16-42-22-47(91(77,78)59-55(31-67,32-68)33-69)20-40(51(42)87-11-7-83-3)14-38(49)18-45(17-37)89(73,74)57-53(25-61,26-62)27-63/h17-24,57-72H,5-16,25-36H2,1-4H3. The van der Waals surface area contributed by atoms with Gasteiger partial charge in [-0.25, -0.2) is 33.7 Å². The van der Waals surface area contributed by atoms with Crippen molar-refractivity contribution in [2.24, 2.45) is 0 Å². The average molecular weight is 1390 g/mol. The Kier molecular flexibility index (Phi) is 28.9. The van der Waals surface area contributed by atoms with E-state index in [4.69, 9.17) is 37.9 Å². The van der Waals surface area contributed by atoms with Gasteiger partial charge in [0.2, 0.25) is 40.1 Å². The highest BCUT2D eigenvalue weighted by Crippen LogP contribution is 2.43. The number of sulfonamides is 4. The summed E-state index contributed by atoms with van der Waals surface area (Å²) in [7, 11) is -15.0. The van der Waals surface area contributed by atoms with Crippen LogP contribution in [0.2, 0.25) is 0 Å². The Morgan fingerprint density at radius 3 is 0.543 bits per heavy atom. The monoisotopic (exact) mass is 1390 g/mol. The minimum absolute atomic E-state index is 0.137. The Hall–Kier alpha value is -4.92. The molecule has 0 spiro atoms. The van der Waals surface area contributed by atoms with Crippen LogP contribution in [0.15, 0.2) is 68.1 Å². The van der Waals surface area contributed by atoms with E-state index in [0.29, 0.717) is 0 Å². The second kappa shape index (κ2) is 34.1. The van der Waals surface area contributed by atoms with E-state index in [2.05, 4.69) is 18.9 Å². The molecule has 0 aromatic heterocycles. The Balaban J connectivity index is 2.21. The van der Waals surface area contributed by atoms with E-state index in [1.165, 1.54) is 28.4 Å². The molecule has 1 aliphatic carbocycles. The molecule has 0 radical (unpaired) electrons. The predicted octanol–water partition coefficient (Wildman–Crippen LogP) is -5.56. The number of aliphatic hydroxyl groups excluding tert-OH is 12. The van der Waals surface area contributed by atoms with Gasteiger partial charge in [-0.2, -0.15) is 18.9 Å². The zero-order chi connectivity index (χ0) is 68.4. The Labute approximate surface area is 533 Å². The first kappa shape index (κ1) is 77.8. The maximum absolute atomic E-state index is 14.9. The van der Waals surface area contributed by atoms with Crippen molar-refractivity contribution in [3.8, 4) is 23.0 Å². The molecule has 0 saturated heterocycles. The van der Waals surface area contributed by atoms with E-state index in [1.807, 2.05) is 0 Å². The molecule has 32 nitrogen and oxygen atoms in total. The van der Waals surface area contributed by atoms with E-state index < -0.39 is 187 Å². The van der Waals surface area contributed by atoms with Crippen LogP contribution in [0, 0.1) is 0 Å². The Bertz CT molecular complexity index is 2960. The van der Waals surface area contributed by atoms with Gasteiger partial charge in [-0.3, -0.25) is 0 Å². The van der Waals surface area contributed by atoms with Gasteiger partial charge in [0.25, 0.3) is 0 Å². The maximum Gasteiger partial charge on any atom is 0.241 e. The van der Waals surface area contributed by atoms with E-state index in [-0.39, 0.29) is 120 Å². The third-order valence-corrected chi connectivity index (χ3v) is 21.0. The van der Waals surface area contributed by atoms with Crippen LogP contribution in [-0.4, -0.2) is 278 Å². The van der Waals surface area contributed by atoms with Crippen molar-refractivity contribution < 1.29 is 133 Å². The highest BCUT2D eigenvalue weighted by atomic mass is 32.2. The largest absolute Gasteiger partial charge is 0.491 e. The summed E-state index contributed by atoms with van der Waals surface area (Å²) in [4.78, 5) is -2.71. The molecule has 0 unspecified atom stereocenters. The zero-order valence-electron chi connectivity index (χ0n) is 51.1. The number of hydrogen-bond donors (Lipinski definition) is 16. The van der Waals surface area contributed by atoms with Crippen LogP contribution >= 0.6 is 0 Å². The third-order valence-electron chi connectivity index (χ3n) is 14.8. The molecule has 16 N–H and O–H groups in total. The van der Waals surface area contributed by atoms with Crippen LogP contribution < -0.4 is 37.8 Å². The molecule has 92 heavy (non-hydrogen) atoms. The molecular formula is C56H84N4O28S4. The number of benzene rings is 4. The van der Waals surface area contributed by atoms with Crippen molar-refractivity contribution in [3.05, 3.63) is 93.0 Å². The Morgan fingerprint density at radius 2 is 0.424 bits per heavy atom. The molecule has 36 heteroatoms. The summed E-state index contributed by atoms with van der Waals surface area (Å²) in [6.45, 7) is -15.5. The van der Waals surface area contributed by atoms with E-state index in [9.17, 15) is 94.9 Å². The zero-order valence-corrected chi connectivity index (χ0v) is 54.4. The van der Waals surface area contributed by atoms with Crippen LogP contribution in [0.3, 0.4) is 0 Å². The van der Waals surface area contributed by atoms with Gasteiger partial charge >= 0.3 is 0 Å². The van der Waals surface area contributed by atoms with Gasteiger partial charge in [-0.15, -0.1) is 0 Å². The van der Waals surface area contributed by atoms with Gasteiger partial charge < -0.3 is 99.2 Å². The first-order chi connectivity index (χ1) is 43.6. The molecule has 520 valence electrons. The average Bonchev–Trinajstić information content (AvgIpc) is 0.793. The number of methoxy groups -OCH3 is 4. The maximum atomic E-state index is 14.9. The number of hydrogen-bond acceptors (Lipinski definition) is 28. The molecule has 4 aromatic carbocycles. The lowest BCUT2D eigenvalue weighted by atomic mass is 9.91. The van der Waals surface area contributed by atoms with E-state index in [0.717, 1.165) is 48.5 Å². The van der Waals surface area contributed by atoms with Gasteiger partial charge in [0.05, 0.1) is 125 Å². The molecule has 0 saturated carbocycles. The van der Waals surface area contributed by atoms with Crippen LogP contribution in [-0.2, 0) is 84.7 Å². The summed E-state index contributed by atoms with van der Waals surface area (Å²) in [6, 6.07) is 8.49. The van der Waals surface area contributed by atoms with Gasteiger partial charge in [-0.05, 0) is 48.5 Å². The Morgan fingerprint density at radius 1 is 0.283 bits per heavy atom. The molecule has 0 fully saturated rings. The van der Waals surface area contributed by atoms with Gasteiger partial charge in [0.1, 0.15) is 71.6 Å². The van der Waals surface area contributed by atoms with Gasteiger partial charge in [0.15, 0.2) is 0 Å². The summed E-state index contributed by atoms with van der Waals surface area (Å²) in [6.07, 6.45) is -2.59. The second-order valence-corrected chi connectivity index (χ2v) is 28.5. The number of fused-ring (bicyclic) bond motifs is 8. The lowest BCUT2D eigenvalue weighted by molar-refractivity contribution is 0.0580. The second-order valence-electron chi connectivity index (χ2n) is 21.8. The van der Waals surface area contributed by atoms with Crippen molar-refractivity contribution >= 4 is 40.1 Å². The molecule has 0 heterocycles. The summed E-state index contributed by atoms with van der Waals surface area (Å²) in [5.74, 6) is -0.710. The minimum atomic E-state index is -5.08. The number of aliphatic hydroxyl groups is 12. The molecule has 5 rings (SSSR count). The molecule has 4 aromatic rings. The summed E-state index contributed by atoms with van der Waals surface area (Å²) in [5, 5.41) is 125. The normalized spacial score (nSPS) is 13.7. The first-order valence-corrected chi connectivity index (χ1v) is 34.1. The highest BCUT2D eigenvalue weighted by molar-refractivity contribution is 7.90. The smallest absolute Gasteiger partial charge is 0.241 e. The van der Waals surface area contributed by atoms with Crippen molar-refractivity contribution in [2.75, 3.05) is 161 Å².